The molecule has 156 valence electrons. The Morgan fingerprint density at radius 1 is 0.968 bits per heavy atom. The summed E-state index contributed by atoms with van der Waals surface area (Å²) in [6, 6.07) is 22.1. The molecule has 5 rings (SSSR count). The lowest BCUT2D eigenvalue weighted by atomic mass is 10.0. The van der Waals surface area contributed by atoms with Crippen LogP contribution < -0.4 is 0 Å². The summed E-state index contributed by atoms with van der Waals surface area (Å²) in [6.07, 6.45) is 1.63. The van der Waals surface area contributed by atoms with E-state index in [9.17, 15) is 4.79 Å². The van der Waals surface area contributed by atoms with E-state index in [-0.39, 0.29) is 5.91 Å². The van der Waals surface area contributed by atoms with Crippen LogP contribution in [0.1, 0.15) is 21.5 Å². The number of aromatic nitrogens is 1. The van der Waals surface area contributed by atoms with Gasteiger partial charge in [0.2, 0.25) is 0 Å². The molecular weight excluding hydrogens is 386 g/mol. The fourth-order valence-corrected chi connectivity index (χ4v) is 4.19. The van der Waals surface area contributed by atoms with Crippen LogP contribution in [0.15, 0.2) is 77.4 Å². The summed E-state index contributed by atoms with van der Waals surface area (Å²) >= 11 is 0. The number of carbonyl (C=O) groups is 1. The fourth-order valence-electron chi connectivity index (χ4n) is 4.19. The van der Waals surface area contributed by atoms with Crippen molar-refractivity contribution in [2.45, 2.75) is 13.5 Å². The number of benzene rings is 2. The maximum atomic E-state index is 13.6. The number of carbonyl (C=O) groups excluding carboxylic acids is 1. The first-order valence-electron chi connectivity index (χ1n) is 10.7. The number of hydrogen-bond acceptors (Lipinski definition) is 4. The van der Waals surface area contributed by atoms with Crippen LogP contribution in [0.3, 0.4) is 0 Å². The molecular formula is C26H25N3O2. The van der Waals surface area contributed by atoms with Gasteiger partial charge in [0.15, 0.2) is 5.76 Å². The van der Waals surface area contributed by atoms with E-state index in [0.717, 1.165) is 49.2 Å². The number of rotatable bonds is 4. The summed E-state index contributed by atoms with van der Waals surface area (Å²) in [5, 5.41) is 0.895. The predicted molar refractivity (Wildman–Crippen MR) is 122 cm³/mol. The number of hydrogen-bond donors (Lipinski definition) is 0. The van der Waals surface area contributed by atoms with Crippen molar-refractivity contribution in [1.82, 2.24) is 14.8 Å². The van der Waals surface area contributed by atoms with E-state index >= 15 is 0 Å². The highest BCUT2D eigenvalue weighted by Gasteiger charge is 2.24. The molecule has 0 atom stereocenters. The minimum Gasteiger partial charge on any atom is -0.463 e. The maximum Gasteiger partial charge on any atom is 0.254 e. The van der Waals surface area contributed by atoms with Gasteiger partial charge < -0.3 is 9.32 Å². The predicted octanol–water partition coefficient (Wildman–Crippen LogP) is 4.76. The minimum absolute atomic E-state index is 0.0603. The number of fused-ring (bicyclic) bond motifs is 1. The van der Waals surface area contributed by atoms with Gasteiger partial charge in [-0.15, -0.1) is 0 Å². The van der Waals surface area contributed by atoms with E-state index < -0.39 is 0 Å². The highest BCUT2D eigenvalue weighted by atomic mass is 16.3. The number of furan rings is 1. The molecule has 3 heterocycles. The van der Waals surface area contributed by atoms with Gasteiger partial charge in [-0.25, -0.2) is 4.98 Å². The molecule has 1 aliphatic rings. The molecule has 5 nitrogen and oxygen atoms in total. The summed E-state index contributed by atoms with van der Waals surface area (Å²) in [4.78, 5) is 22.7. The summed E-state index contributed by atoms with van der Waals surface area (Å²) < 4.78 is 5.55. The molecule has 5 heteroatoms. The van der Waals surface area contributed by atoms with Gasteiger partial charge in [0.1, 0.15) is 5.69 Å². The molecule has 1 amide bonds. The molecule has 0 spiro atoms. The molecule has 0 bridgehead atoms. The molecule has 2 aromatic heterocycles. The molecule has 0 radical (unpaired) electrons. The molecule has 2 aromatic carbocycles. The normalized spacial score (nSPS) is 14.8. The largest absolute Gasteiger partial charge is 0.463 e. The van der Waals surface area contributed by atoms with Gasteiger partial charge in [0.25, 0.3) is 5.91 Å². The van der Waals surface area contributed by atoms with E-state index in [0.29, 0.717) is 17.0 Å². The summed E-state index contributed by atoms with van der Waals surface area (Å²) in [5.74, 6) is 0.731. The number of amides is 1. The SMILES string of the molecule is Cc1ccc2nc(-c3ccco3)cc(C(=O)N3CCN(Cc4ccccc4)CC3)c2c1. The molecule has 0 N–H and O–H groups in total. The first-order chi connectivity index (χ1) is 15.2. The zero-order chi connectivity index (χ0) is 21.2. The molecule has 31 heavy (non-hydrogen) atoms. The molecule has 1 saturated heterocycles. The Labute approximate surface area is 181 Å². The first-order valence-corrected chi connectivity index (χ1v) is 10.7. The Morgan fingerprint density at radius 3 is 2.52 bits per heavy atom. The second kappa shape index (κ2) is 8.36. The summed E-state index contributed by atoms with van der Waals surface area (Å²) in [7, 11) is 0. The van der Waals surface area contributed by atoms with E-state index in [1.165, 1.54) is 5.56 Å². The Morgan fingerprint density at radius 2 is 1.77 bits per heavy atom. The zero-order valence-electron chi connectivity index (χ0n) is 17.6. The van der Waals surface area contributed by atoms with Gasteiger partial charge >= 0.3 is 0 Å². The quantitative estimate of drug-likeness (QED) is 0.486. The standard InChI is InChI=1S/C26H25N3O2/c1-19-9-10-23-21(16-19)22(17-24(27-23)25-8-5-15-31-25)26(30)29-13-11-28(12-14-29)18-20-6-3-2-4-7-20/h2-10,15-17H,11-14,18H2,1H3. The lowest BCUT2D eigenvalue weighted by Gasteiger charge is -2.35. The second-order valence-electron chi connectivity index (χ2n) is 8.11. The van der Waals surface area contributed by atoms with Crippen LogP contribution in [-0.4, -0.2) is 46.9 Å². The third-order valence-electron chi connectivity index (χ3n) is 5.88. The topological polar surface area (TPSA) is 49.6 Å². The third-order valence-corrected chi connectivity index (χ3v) is 5.88. The van der Waals surface area contributed by atoms with Crippen molar-refractivity contribution in [2.75, 3.05) is 26.2 Å². The number of pyridine rings is 1. The molecule has 4 aromatic rings. The lowest BCUT2D eigenvalue weighted by Crippen LogP contribution is -2.48. The van der Waals surface area contributed by atoms with Crippen LogP contribution in [-0.2, 0) is 6.54 Å². The lowest BCUT2D eigenvalue weighted by molar-refractivity contribution is 0.0630. The van der Waals surface area contributed by atoms with Gasteiger partial charge in [0, 0.05) is 38.1 Å². The van der Waals surface area contributed by atoms with E-state index in [1.54, 1.807) is 6.26 Å². The van der Waals surface area contributed by atoms with Crippen LogP contribution in [0.2, 0.25) is 0 Å². The van der Waals surface area contributed by atoms with Crippen LogP contribution in [0, 0.1) is 6.92 Å². The first kappa shape index (κ1) is 19.5. The van der Waals surface area contributed by atoms with Crippen molar-refractivity contribution < 1.29 is 9.21 Å². The Hall–Kier alpha value is -3.44. The molecule has 0 aliphatic carbocycles. The molecule has 0 saturated carbocycles. The zero-order valence-corrected chi connectivity index (χ0v) is 17.6. The van der Waals surface area contributed by atoms with Gasteiger partial charge in [-0.2, -0.15) is 0 Å². The van der Waals surface area contributed by atoms with Crippen LogP contribution in [0.4, 0.5) is 0 Å². The smallest absolute Gasteiger partial charge is 0.254 e. The van der Waals surface area contributed by atoms with Crippen LogP contribution in [0.5, 0.6) is 0 Å². The van der Waals surface area contributed by atoms with Crippen LogP contribution in [0.25, 0.3) is 22.4 Å². The summed E-state index contributed by atoms with van der Waals surface area (Å²) in [6.45, 7) is 6.13. The Balaban J connectivity index is 1.40. The second-order valence-corrected chi connectivity index (χ2v) is 8.11. The molecule has 1 aliphatic heterocycles. The highest BCUT2D eigenvalue weighted by Crippen LogP contribution is 2.27. The van der Waals surface area contributed by atoms with E-state index in [2.05, 4.69) is 29.2 Å². The van der Waals surface area contributed by atoms with Gasteiger partial charge in [-0.1, -0.05) is 42.0 Å². The number of aryl methyl sites for hydroxylation is 1. The van der Waals surface area contributed by atoms with Gasteiger partial charge in [-0.05, 0) is 42.8 Å². The van der Waals surface area contributed by atoms with Crippen molar-refractivity contribution >= 4 is 16.8 Å². The highest BCUT2D eigenvalue weighted by molar-refractivity contribution is 6.07. The summed E-state index contributed by atoms with van der Waals surface area (Å²) in [5.41, 5.74) is 4.61. The van der Waals surface area contributed by atoms with Crippen molar-refractivity contribution in [2.24, 2.45) is 0 Å². The molecule has 0 unspecified atom stereocenters. The Bertz CT molecular complexity index is 1190. The number of nitrogens with zero attached hydrogens (tertiary/aromatic N) is 3. The third kappa shape index (κ3) is 4.09. The Kier molecular flexibility index (Phi) is 5.26. The van der Waals surface area contributed by atoms with E-state index in [4.69, 9.17) is 9.40 Å². The average molecular weight is 412 g/mol. The van der Waals surface area contributed by atoms with E-state index in [1.807, 2.05) is 54.3 Å². The molecule has 1 fully saturated rings. The van der Waals surface area contributed by atoms with Crippen molar-refractivity contribution in [3.63, 3.8) is 0 Å². The van der Waals surface area contributed by atoms with Crippen molar-refractivity contribution in [3.8, 4) is 11.5 Å². The average Bonchev–Trinajstić information content (AvgIpc) is 3.34. The maximum absolute atomic E-state index is 13.6. The van der Waals surface area contributed by atoms with Crippen molar-refractivity contribution in [1.29, 1.82) is 0 Å². The van der Waals surface area contributed by atoms with Crippen LogP contribution >= 0.6 is 0 Å². The fraction of sp³-hybridized carbons (Fsp3) is 0.231. The number of piperazine rings is 1. The van der Waals surface area contributed by atoms with Gasteiger partial charge in [-0.3, -0.25) is 9.69 Å². The monoisotopic (exact) mass is 411 g/mol. The van der Waals surface area contributed by atoms with Gasteiger partial charge in [0.05, 0.1) is 17.3 Å². The van der Waals surface area contributed by atoms with Crippen molar-refractivity contribution in [3.05, 3.63) is 89.7 Å². The minimum atomic E-state index is 0.0603.